The van der Waals surface area contributed by atoms with Crippen LogP contribution in [0, 0.1) is 0 Å². The van der Waals surface area contributed by atoms with Crippen LogP contribution in [0.2, 0.25) is 0 Å². The Morgan fingerprint density at radius 2 is 1.81 bits per heavy atom. The summed E-state index contributed by atoms with van der Waals surface area (Å²) in [6.07, 6.45) is 3.61. The number of aromatic amines is 1. The van der Waals surface area contributed by atoms with Crippen molar-refractivity contribution in [2.24, 2.45) is 0 Å². The summed E-state index contributed by atoms with van der Waals surface area (Å²) in [6, 6.07) is 18.1. The van der Waals surface area contributed by atoms with Crippen LogP contribution >= 0.6 is 0 Å². The molecule has 0 aliphatic carbocycles. The fraction of sp³-hybridized carbons (Fsp3) is 0.0500. The minimum absolute atomic E-state index is 0.0819. The van der Waals surface area contributed by atoms with Gasteiger partial charge in [0, 0.05) is 17.8 Å². The van der Waals surface area contributed by atoms with Crippen LogP contribution in [0.25, 0.3) is 11.0 Å². The molecule has 3 N–H and O–H groups in total. The number of anilines is 1. The van der Waals surface area contributed by atoms with Crippen LogP contribution in [0.1, 0.15) is 11.1 Å². The van der Waals surface area contributed by atoms with E-state index in [0.717, 1.165) is 11.1 Å². The standard InChI is InChI=1S/C20H17N3O3S/c24-18-9-8-15(11-14-5-2-1-3-6-14)12-17(18)23-27(25,26)19-13-22-20-16(19)7-4-10-21-20/h1-10,12-13,23-24H,11H2,(H,21,22). The van der Waals surface area contributed by atoms with Gasteiger partial charge in [-0.25, -0.2) is 13.4 Å². The highest BCUT2D eigenvalue weighted by molar-refractivity contribution is 7.93. The van der Waals surface area contributed by atoms with Gasteiger partial charge in [0.1, 0.15) is 16.3 Å². The molecule has 7 heteroatoms. The molecule has 0 unspecified atom stereocenters. The molecule has 0 spiro atoms. The van der Waals surface area contributed by atoms with Gasteiger partial charge >= 0.3 is 0 Å². The van der Waals surface area contributed by atoms with Gasteiger partial charge in [-0.15, -0.1) is 0 Å². The second-order valence-corrected chi connectivity index (χ2v) is 7.82. The molecule has 4 aromatic rings. The molecular weight excluding hydrogens is 362 g/mol. The van der Waals surface area contributed by atoms with E-state index in [2.05, 4.69) is 14.7 Å². The number of nitrogens with one attached hydrogen (secondary N) is 2. The molecule has 0 aliphatic heterocycles. The van der Waals surface area contributed by atoms with Crippen molar-refractivity contribution in [2.45, 2.75) is 11.3 Å². The number of hydrogen-bond donors (Lipinski definition) is 3. The third-order valence-electron chi connectivity index (χ3n) is 4.26. The van der Waals surface area contributed by atoms with Crippen molar-refractivity contribution in [1.29, 1.82) is 0 Å². The Morgan fingerprint density at radius 1 is 1.00 bits per heavy atom. The van der Waals surface area contributed by atoms with Crippen molar-refractivity contribution in [3.05, 3.63) is 84.2 Å². The molecule has 0 aliphatic rings. The zero-order chi connectivity index (χ0) is 18.9. The Labute approximate surface area is 156 Å². The third-order valence-corrected chi connectivity index (χ3v) is 5.66. The summed E-state index contributed by atoms with van der Waals surface area (Å²) >= 11 is 0. The maximum absolute atomic E-state index is 12.8. The zero-order valence-corrected chi connectivity index (χ0v) is 15.1. The molecule has 2 heterocycles. The van der Waals surface area contributed by atoms with E-state index in [4.69, 9.17) is 0 Å². The average Bonchev–Trinajstić information content (AvgIpc) is 3.10. The molecule has 0 fully saturated rings. The first-order chi connectivity index (χ1) is 13.0. The van der Waals surface area contributed by atoms with E-state index in [-0.39, 0.29) is 16.3 Å². The van der Waals surface area contributed by atoms with Gasteiger partial charge in [-0.1, -0.05) is 36.4 Å². The Kier molecular flexibility index (Phi) is 4.29. The Morgan fingerprint density at radius 3 is 2.63 bits per heavy atom. The van der Waals surface area contributed by atoms with Crippen LogP contribution in [-0.2, 0) is 16.4 Å². The van der Waals surface area contributed by atoms with Crippen LogP contribution in [0.3, 0.4) is 0 Å². The highest BCUT2D eigenvalue weighted by Gasteiger charge is 2.21. The maximum Gasteiger partial charge on any atom is 0.264 e. The van der Waals surface area contributed by atoms with Crippen molar-refractivity contribution in [1.82, 2.24) is 9.97 Å². The van der Waals surface area contributed by atoms with Gasteiger partial charge in [0.15, 0.2) is 0 Å². The third kappa shape index (κ3) is 3.50. The van der Waals surface area contributed by atoms with Crippen LogP contribution in [0.15, 0.2) is 78.0 Å². The van der Waals surface area contributed by atoms with Crippen LogP contribution in [-0.4, -0.2) is 23.5 Å². The summed E-state index contributed by atoms with van der Waals surface area (Å²) in [5.41, 5.74) is 2.61. The number of benzene rings is 2. The number of H-pyrrole nitrogens is 1. The normalized spacial score (nSPS) is 11.6. The molecular formula is C20H17N3O3S. The number of hydrogen-bond acceptors (Lipinski definition) is 4. The summed E-state index contributed by atoms with van der Waals surface area (Å²) in [5, 5.41) is 10.6. The minimum atomic E-state index is -3.89. The Balaban J connectivity index is 1.66. The second-order valence-electron chi connectivity index (χ2n) is 6.17. The molecule has 0 saturated carbocycles. The van der Waals surface area contributed by atoms with Gasteiger partial charge in [0.05, 0.1) is 5.69 Å². The number of phenolic OH excluding ortho intramolecular Hbond substituents is 1. The van der Waals surface area contributed by atoms with E-state index in [9.17, 15) is 13.5 Å². The molecule has 0 bridgehead atoms. The molecule has 2 aromatic carbocycles. The summed E-state index contributed by atoms with van der Waals surface area (Å²) in [5.74, 6) is -0.131. The van der Waals surface area contributed by atoms with Gasteiger partial charge in [0.25, 0.3) is 10.0 Å². The lowest BCUT2D eigenvalue weighted by Gasteiger charge is -2.11. The highest BCUT2D eigenvalue weighted by Crippen LogP contribution is 2.29. The van der Waals surface area contributed by atoms with E-state index in [1.54, 1.807) is 30.5 Å². The van der Waals surface area contributed by atoms with E-state index < -0.39 is 10.0 Å². The number of rotatable bonds is 5. The number of aromatic nitrogens is 2. The first-order valence-corrected chi connectivity index (χ1v) is 9.82. The highest BCUT2D eigenvalue weighted by atomic mass is 32.2. The first-order valence-electron chi connectivity index (χ1n) is 8.34. The van der Waals surface area contributed by atoms with Crippen molar-refractivity contribution >= 4 is 26.7 Å². The van der Waals surface area contributed by atoms with Crippen LogP contribution in [0.4, 0.5) is 5.69 Å². The summed E-state index contributed by atoms with van der Waals surface area (Å²) < 4.78 is 28.1. The number of pyridine rings is 1. The lowest BCUT2D eigenvalue weighted by molar-refractivity contribution is 0.477. The topological polar surface area (TPSA) is 95.1 Å². The van der Waals surface area contributed by atoms with Crippen molar-refractivity contribution < 1.29 is 13.5 Å². The molecule has 0 atom stereocenters. The van der Waals surface area contributed by atoms with Gasteiger partial charge in [-0.05, 0) is 41.8 Å². The van der Waals surface area contributed by atoms with E-state index in [0.29, 0.717) is 17.5 Å². The number of phenols is 1. The summed E-state index contributed by atoms with van der Waals surface area (Å²) in [6.45, 7) is 0. The molecule has 4 rings (SSSR count). The zero-order valence-electron chi connectivity index (χ0n) is 14.3. The fourth-order valence-electron chi connectivity index (χ4n) is 2.96. The van der Waals surface area contributed by atoms with E-state index in [1.165, 1.54) is 12.3 Å². The SMILES string of the molecule is O=S(=O)(Nc1cc(Cc2ccccc2)ccc1O)c1c[nH]c2ncccc12. The number of nitrogens with zero attached hydrogens (tertiary/aromatic N) is 1. The monoisotopic (exact) mass is 379 g/mol. The van der Waals surface area contributed by atoms with Crippen LogP contribution in [0.5, 0.6) is 5.75 Å². The second kappa shape index (κ2) is 6.77. The number of aromatic hydroxyl groups is 1. The van der Waals surface area contributed by atoms with Gasteiger partial charge in [-0.2, -0.15) is 0 Å². The van der Waals surface area contributed by atoms with Gasteiger partial charge < -0.3 is 10.1 Å². The predicted octanol–water partition coefficient (Wildman–Crippen LogP) is 3.66. The Bertz CT molecular complexity index is 1200. The lowest BCUT2D eigenvalue weighted by atomic mass is 10.0. The minimum Gasteiger partial charge on any atom is -0.506 e. The summed E-state index contributed by atoms with van der Waals surface area (Å²) in [4.78, 5) is 7.03. The molecule has 0 saturated heterocycles. The largest absolute Gasteiger partial charge is 0.506 e. The van der Waals surface area contributed by atoms with Crippen molar-refractivity contribution in [2.75, 3.05) is 4.72 Å². The van der Waals surface area contributed by atoms with Gasteiger partial charge in [-0.3, -0.25) is 4.72 Å². The maximum atomic E-state index is 12.8. The average molecular weight is 379 g/mol. The molecule has 2 aromatic heterocycles. The van der Waals surface area contributed by atoms with Crippen molar-refractivity contribution in [3.63, 3.8) is 0 Å². The summed E-state index contributed by atoms with van der Waals surface area (Å²) in [7, 11) is -3.89. The number of fused-ring (bicyclic) bond motifs is 1. The molecule has 136 valence electrons. The first kappa shape index (κ1) is 17.1. The molecule has 6 nitrogen and oxygen atoms in total. The Hall–Kier alpha value is -3.32. The molecule has 0 radical (unpaired) electrons. The molecule has 0 amide bonds. The quantitative estimate of drug-likeness (QED) is 0.461. The predicted molar refractivity (Wildman–Crippen MR) is 104 cm³/mol. The number of sulfonamides is 1. The van der Waals surface area contributed by atoms with Crippen molar-refractivity contribution in [3.8, 4) is 5.75 Å². The van der Waals surface area contributed by atoms with E-state index >= 15 is 0 Å². The van der Waals surface area contributed by atoms with Gasteiger partial charge in [0.2, 0.25) is 0 Å². The van der Waals surface area contributed by atoms with E-state index in [1.807, 2.05) is 30.3 Å². The lowest BCUT2D eigenvalue weighted by Crippen LogP contribution is -2.13. The fourth-order valence-corrected chi connectivity index (χ4v) is 4.19. The van der Waals surface area contributed by atoms with Crippen LogP contribution < -0.4 is 4.72 Å². The smallest absolute Gasteiger partial charge is 0.264 e. The molecule has 27 heavy (non-hydrogen) atoms.